The van der Waals surface area contributed by atoms with Crippen molar-refractivity contribution in [3.63, 3.8) is 0 Å². The van der Waals surface area contributed by atoms with Gasteiger partial charge in [0.05, 0.1) is 11.9 Å². The first-order chi connectivity index (χ1) is 17.8. The van der Waals surface area contributed by atoms with Crippen LogP contribution in [0.25, 0.3) is 0 Å². The van der Waals surface area contributed by atoms with E-state index in [2.05, 4.69) is 29.2 Å². The van der Waals surface area contributed by atoms with Crippen LogP contribution in [0.15, 0.2) is 54.6 Å². The number of hydrogen-bond donors (Lipinski definition) is 0. The normalized spacial score (nSPS) is 29.4. The summed E-state index contributed by atoms with van der Waals surface area (Å²) in [4.78, 5) is 17.3. The van der Waals surface area contributed by atoms with Crippen molar-refractivity contribution in [2.75, 3.05) is 43.3 Å². The molecule has 6 nitrogen and oxygen atoms in total. The number of amides is 1. The van der Waals surface area contributed by atoms with Crippen LogP contribution >= 0.6 is 0 Å². The molecule has 1 heterocycles. The molecule has 0 aromatic heterocycles. The lowest BCUT2D eigenvalue weighted by Gasteiger charge is -2.57. The summed E-state index contributed by atoms with van der Waals surface area (Å²) < 4.78 is 26.8. The molecule has 0 N–H and O–H groups in total. The third-order valence-corrected chi connectivity index (χ3v) is 10.6. The van der Waals surface area contributed by atoms with E-state index in [4.69, 9.17) is 0 Å². The zero-order valence-electron chi connectivity index (χ0n) is 21.9. The van der Waals surface area contributed by atoms with Crippen LogP contribution in [-0.4, -0.2) is 63.1 Å². The summed E-state index contributed by atoms with van der Waals surface area (Å²) in [7, 11) is -3.59. The summed E-state index contributed by atoms with van der Waals surface area (Å²) in [5.74, 6) is 2.47. The van der Waals surface area contributed by atoms with E-state index in [1.54, 1.807) is 0 Å². The molecule has 37 heavy (non-hydrogen) atoms. The van der Waals surface area contributed by atoms with Gasteiger partial charge >= 0.3 is 0 Å². The number of sulfonamides is 1. The SMILES string of the molecule is CS(=O)(=O)N(CC(=O)N1CCN(Cc2ccccc2)CC1)c1ccc(C23CC4CC(CC(C4)C2)C3)cc1. The van der Waals surface area contributed by atoms with E-state index < -0.39 is 10.0 Å². The molecule has 5 aliphatic rings. The number of carbonyl (C=O) groups excluding carboxylic acids is 1. The molecule has 5 fully saturated rings. The van der Waals surface area contributed by atoms with Gasteiger partial charge in [0, 0.05) is 32.7 Å². The summed E-state index contributed by atoms with van der Waals surface area (Å²) in [5.41, 5.74) is 3.50. The van der Waals surface area contributed by atoms with Crippen LogP contribution in [0.4, 0.5) is 5.69 Å². The lowest BCUT2D eigenvalue weighted by atomic mass is 9.48. The molecule has 0 unspecified atom stereocenters. The summed E-state index contributed by atoms with van der Waals surface area (Å²) in [5, 5.41) is 0. The predicted molar refractivity (Wildman–Crippen MR) is 147 cm³/mol. The van der Waals surface area contributed by atoms with Crippen molar-refractivity contribution in [3.8, 4) is 0 Å². The standard InChI is InChI=1S/C30H39N3O3S/c1-37(35,36)33(22-29(34)32-13-11-31(12-14-32)21-23-5-3-2-4-6-23)28-9-7-27(8-10-28)30-18-24-15-25(19-30)17-26(16-24)20-30/h2-10,24-26H,11-22H2,1H3. The lowest BCUT2D eigenvalue weighted by Crippen LogP contribution is -2.51. The van der Waals surface area contributed by atoms with Crippen LogP contribution in [0.5, 0.6) is 0 Å². The number of rotatable bonds is 7. The van der Waals surface area contributed by atoms with Crippen molar-refractivity contribution in [1.29, 1.82) is 0 Å². The molecule has 2 aromatic carbocycles. The van der Waals surface area contributed by atoms with Gasteiger partial charge in [-0.3, -0.25) is 14.0 Å². The summed E-state index contributed by atoms with van der Waals surface area (Å²) in [6, 6.07) is 18.5. The number of benzene rings is 2. The minimum absolute atomic E-state index is 0.130. The maximum absolute atomic E-state index is 13.2. The Morgan fingerprint density at radius 1 is 0.865 bits per heavy atom. The molecule has 1 amide bonds. The van der Waals surface area contributed by atoms with Crippen molar-refractivity contribution in [1.82, 2.24) is 9.80 Å². The Balaban J connectivity index is 1.11. The molecule has 1 aliphatic heterocycles. The van der Waals surface area contributed by atoms with Gasteiger partial charge in [-0.25, -0.2) is 8.42 Å². The molecule has 7 heteroatoms. The first-order valence-corrected chi connectivity index (χ1v) is 15.7. The maximum atomic E-state index is 13.2. The molecule has 0 atom stereocenters. The largest absolute Gasteiger partial charge is 0.339 e. The van der Waals surface area contributed by atoms with Gasteiger partial charge < -0.3 is 4.90 Å². The lowest BCUT2D eigenvalue weighted by molar-refractivity contribution is -0.131. The Kier molecular flexibility index (Phi) is 6.56. The van der Waals surface area contributed by atoms with E-state index in [0.29, 0.717) is 18.8 Å². The van der Waals surface area contributed by atoms with Crippen LogP contribution < -0.4 is 4.31 Å². The van der Waals surface area contributed by atoms with Crippen molar-refractivity contribution >= 4 is 21.6 Å². The smallest absolute Gasteiger partial charge is 0.243 e. The molecular weight excluding hydrogens is 482 g/mol. The second kappa shape index (κ2) is 9.73. The molecule has 198 valence electrons. The Bertz CT molecular complexity index is 1190. The summed E-state index contributed by atoms with van der Waals surface area (Å²) in [6.07, 6.45) is 9.26. The van der Waals surface area contributed by atoms with Gasteiger partial charge in [-0.05, 0) is 85.0 Å². The third kappa shape index (κ3) is 5.17. The predicted octanol–water partition coefficient (Wildman–Crippen LogP) is 4.26. The second-order valence-electron chi connectivity index (χ2n) is 12.2. The number of nitrogens with zero attached hydrogens (tertiary/aromatic N) is 3. The minimum atomic E-state index is -3.59. The van der Waals surface area contributed by atoms with Crippen molar-refractivity contribution in [2.45, 2.75) is 50.5 Å². The van der Waals surface area contributed by atoms with Crippen LogP contribution in [0.3, 0.4) is 0 Å². The average Bonchev–Trinajstić information content (AvgIpc) is 2.87. The van der Waals surface area contributed by atoms with E-state index in [1.165, 1.54) is 60.2 Å². The Morgan fingerprint density at radius 2 is 1.43 bits per heavy atom. The van der Waals surface area contributed by atoms with Crippen molar-refractivity contribution in [3.05, 3.63) is 65.7 Å². The Labute approximate surface area is 221 Å². The fourth-order valence-electron chi connectivity index (χ4n) is 8.07. The van der Waals surface area contributed by atoms with Crippen molar-refractivity contribution < 1.29 is 13.2 Å². The van der Waals surface area contributed by atoms with Gasteiger partial charge in [0.25, 0.3) is 0 Å². The van der Waals surface area contributed by atoms with Crippen LogP contribution in [0.1, 0.15) is 49.7 Å². The van der Waals surface area contributed by atoms with Gasteiger partial charge in [-0.15, -0.1) is 0 Å². The molecular formula is C30H39N3O3S. The Morgan fingerprint density at radius 3 is 1.97 bits per heavy atom. The average molecular weight is 522 g/mol. The summed E-state index contributed by atoms with van der Waals surface area (Å²) in [6.45, 7) is 3.55. The van der Waals surface area contributed by atoms with Crippen LogP contribution in [0, 0.1) is 17.8 Å². The van der Waals surface area contributed by atoms with E-state index in [9.17, 15) is 13.2 Å². The molecule has 7 rings (SSSR count). The maximum Gasteiger partial charge on any atom is 0.243 e. The molecule has 4 bridgehead atoms. The van der Waals surface area contributed by atoms with E-state index >= 15 is 0 Å². The number of piperazine rings is 1. The molecule has 0 radical (unpaired) electrons. The quantitative estimate of drug-likeness (QED) is 0.546. The van der Waals surface area contributed by atoms with Gasteiger partial charge in [-0.1, -0.05) is 42.5 Å². The van der Waals surface area contributed by atoms with Gasteiger partial charge in [0.15, 0.2) is 0 Å². The van der Waals surface area contributed by atoms with E-state index in [0.717, 1.165) is 37.4 Å². The van der Waals surface area contributed by atoms with Gasteiger partial charge in [-0.2, -0.15) is 0 Å². The van der Waals surface area contributed by atoms with Crippen LogP contribution in [-0.2, 0) is 26.8 Å². The number of carbonyl (C=O) groups is 1. The van der Waals surface area contributed by atoms with E-state index in [-0.39, 0.29) is 17.9 Å². The molecule has 4 aliphatic carbocycles. The molecule has 2 aromatic rings. The topological polar surface area (TPSA) is 60.9 Å². The molecule has 1 saturated heterocycles. The number of anilines is 1. The minimum Gasteiger partial charge on any atom is -0.339 e. The first kappa shape index (κ1) is 24.9. The van der Waals surface area contributed by atoms with Crippen molar-refractivity contribution in [2.24, 2.45) is 17.8 Å². The Hall–Kier alpha value is -2.38. The highest BCUT2D eigenvalue weighted by molar-refractivity contribution is 7.92. The van der Waals surface area contributed by atoms with Gasteiger partial charge in [0.2, 0.25) is 15.9 Å². The third-order valence-electron chi connectivity index (χ3n) is 9.46. The second-order valence-corrected chi connectivity index (χ2v) is 14.1. The zero-order chi connectivity index (χ0) is 25.6. The first-order valence-electron chi connectivity index (χ1n) is 13.9. The molecule has 4 saturated carbocycles. The van der Waals surface area contributed by atoms with Gasteiger partial charge in [0.1, 0.15) is 6.54 Å². The fourth-order valence-corrected chi connectivity index (χ4v) is 8.91. The number of hydrogen-bond acceptors (Lipinski definition) is 4. The molecule has 0 spiro atoms. The fraction of sp³-hybridized carbons (Fsp3) is 0.567. The highest BCUT2D eigenvalue weighted by Crippen LogP contribution is 2.60. The summed E-state index contributed by atoms with van der Waals surface area (Å²) >= 11 is 0. The monoisotopic (exact) mass is 521 g/mol. The van der Waals surface area contributed by atoms with E-state index in [1.807, 2.05) is 35.2 Å². The zero-order valence-corrected chi connectivity index (χ0v) is 22.7. The highest BCUT2D eigenvalue weighted by atomic mass is 32.2. The highest BCUT2D eigenvalue weighted by Gasteiger charge is 2.51. The van der Waals surface area contributed by atoms with Crippen LogP contribution in [0.2, 0.25) is 0 Å².